The van der Waals surface area contributed by atoms with Crippen LogP contribution in [0.2, 0.25) is 0 Å². The normalized spacial score (nSPS) is 13.1. The van der Waals surface area contributed by atoms with Gasteiger partial charge in [0.1, 0.15) is 33.5 Å². The number of furan rings is 3. The molecule has 1 spiro atoms. The average molecular weight is 970 g/mol. The number of hydrogen-bond acceptors (Lipinski definition) is 6. The second-order valence-corrected chi connectivity index (χ2v) is 20.1. The Morgan fingerprint density at radius 3 is 1.41 bits per heavy atom. The molecular formula is C70H39N3O3. The molecular weight excluding hydrogens is 931 g/mol. The Hall–Kier alpha value is -10.2. The van der Waals surface area contributed by atoms with Gasteiger partial charge in [0.25, 0.3) is 0 Å². The van der Waals surface area contributed by atoms with Gasteiger partial charge in [0.2, 0.25) is 0 Å². The summed E-state index contributed by atoms with van der Waals surface area (Å²) in [6, 6.07) is 84.0. The molecule has 4 aromatic heterocycles. The summed E-state index contributed by atoms with van der Waals surface area (Å²) in [7, 11) is 0. The lowest BCUT2D eigenvalue weighted by Gasteiger charge is -2.30. The number of para-hydroxylation sites is 2. The van der Waals surface area contributed by atoms with E-state index >= 15 is 0 Å². The van der Waals surface area contributed by atoms with Gasteiger partial charge >= 0.3 is 0 Å². The zero-order valence-electron chi connectivity index (χ0n) is 40.6. The summed E-state index contributed by atoms with van der Waals surface area (Å²) in [5, 5.41) is 5.95. The monoisotopic (exact) mass is 969 g/mol. The third-order valence-corrected chi connectivity index (χ3v) is 16.2. The van der Waals surface area contributed by atoms with Crippen molar-refractivity contribution in [1.82, 2.24) is 15.0 Å². The highest BCUT2D eigenvalue weighted by molar-refractivity contribution is 6.14. The first kappa shape index (κ1) is 41.3. The van der Waals surface area contributed by atoms with Gasteiger partial charge in [0, 0.05) is 49.0 Å². The zero-order valence-corrected chi connectivity index (χ0v) is 40.6. The lowest BCUT2D eigenvalue weighted by molar-refractivity contribution is 0.668. The third kappa shape index (κ3) is 5.67. The van der Waals surface area contributed by atoms with Crippen molar-refractivity contribution in [2.45, 2.75) is 5.41 Å². The van der Waals surface area contributed by atoms with Gasteiger partial charge < -0.3 is 13.3 Å². The summed E-state index contributed by atoms with van der Waals surface area (Å²) in [4.78, 5) is 15.9. The standard InChI is InChI=1S/C70H39N3O3/c1-6-22-54-45(14-1)46-15-2-7-23-55(46)70(54)56-24-8-3-17-49(56)64-44(19-11-25-57(64)70)41-32-30-40(31-33-41)42-35-37-60-53(38-42)66-52(21-13-29-62(66)75-60)69-72-67(43-34-36-48-47-16-4-9-26-58(47)76-63(48)39-43)71-68(73-69)51-20-12-28-61-65(51)50-18-5-10-27-59(50)74-61/h1-39H. The summed E-state index contributed by atoms with van der Waals surface area (Å²) in [6.45, 7) is 0. The van der Waals surface area contributed by atoms with E-state index in [2.05, 4.69) is 170 Å². The van der Waals surface area contributed by atoms with Gasteiger partial charge in [-0.1, -0.05) is 188 Å². The molecule has 6 heteroatoms. The van der Waals surface area contributed by atoms with Gasteiger partial charge in [-0.15, -0.1) is 0 Å². The Morgan fingerprint density at radius 1 is 0.250 bits per heavy atom. The lowest BCUT2D eigenvalue weighted by Crippen LogP contribution is -2.25. The van der Waals surface area contributed by atoms with Gasteiger partial charge in [-0.25, -0.2) is 15.0 Å². The predicted octanol–water partition coefficient (Wildman–Crippen LogP) is 18.2. The average Bonchev–Trinajstić information content (AvgIpc) is 4.35. The SMILES string of the molecule is c1ccc2c(c1)-c1ccccc1C21c2ccccc2-c2c(-c3ccc(-c4ccc5oc6cccc(-c7nc(-c8ccc9c(c8)oc8ccccc89)nc(-c8cccc9oc%10ccccc%10c89)n7)c6c5c4)cc3)cccc21. The molecule has 0 saturated carbocycles. The first-order chi connectivity index (χ1) is 37.7. The minimum atomic E-state index is -0.395. The lowest BCUT2D eigenvalue weighted by atomic mass is 9.70. The molecule has 352 valence electrons. The van der Waals surface area contributed by atoms with Crippen molar-refractivity contribution >= 4 is 65.8 Å². The fourth-order valence-corrected chi connectivity index (χ4v) is 13.0. The Kier molecular flexibility index (Phi) is 8.39. The first-order valence-corrected chi connectivity index (χ1v) is 25.7. The van der Waals surface area contributed by atoms with Gasteiger partial charge in [0.05, 0.1) is 5.41 Å². The summed E-state index contributed by atoms with van der Waals surface area (Å²) < 4.78 is 19.4. The van der Waals surface area contributed by atoms with Gasteiger partial charge in [-0.2, -0.15) is 0 Å². The zero-order chi connectivity index (χ0) is 49.6. The largest absolute Gasteiger partial charge is 0.456 e. The van der Waals surface area contributed by atoms with Crippen molar-refractivity contribution < 1.29 is 13.3 Å². The quantitative estimate of drug-likeness (QED) is 0.171. The van der Waals surface area contributed by atoms with Crippen molar-refractivity contribution in [2.24, 2.45) is 0 Å². The van der Waals surface area contributed by atoms with Crippen LogP contribution in [0.4, 0.5) is 0 Å². The number of fused-ring (bicyclic) bond motifs is 19. The molecule has 0 atom stereocenters. The van der Waals surface area contributed by atoms with E-state index in [1.54, 1.807) is 0 Å². The highest BCUT2D eigenvalue weighted by atomic mass is 16.3. The van der Waals surface area contributed by atoms with Crippen LogP contribution in [0.15, 0.2) is 250 Å². The molecule has 0 fully saturated rings. The molecule has 76 heavy (non-hydrogen) atoms. The Labute approximate surface area is 434 Å². The topological polar surface area (TPSA) is 78.1 Å². The van der Waals surface area contributed by atoms with Gasteiger partial charge in [0.15, 0.2) is 17.5 Å². The summed E-state index contributed by atoms with van der Waals surface area (Å²) in [5.74, 6) is 1.59. The van der Waals surface area contributed by atoms with Crippen LogP contribution >= 0.6 is 0 Å². The van der Waals surface area contributed by atoms with Crippen LogP contribution in [0.25, 0.3) is 144 Å². The van der Waals surface area contributed by atoms with Crippen LogP contribution < -0.4 is 0 Å². The van der Waals surface area contributed by atoms with Crippen molar-refractivity contribution in [3.8, 4) is 78.7 Å². The molecule has 11 aromatic carbocycles. The molecule has 17 rings (SSSR count). The molecule has 0 saturated heterocycles. The van der Waals surface area contributed by atoms with E-state index < -0.39 is 5.41 Å². The number of benzene rings is 11. The van der Waals surface area contributed by atoms with Crippen molar-refractivity contribution in [1.29, 1.82) is 0 Å². The fraction of sp³-hybridized carbons (Fsp3) is 0.0143. The third-order valence-electron chi connectivity index (χ3n) is 16.2. The molecule has 0 unspecified atom stereocenters. The smallest absolute Gasteiger partial charge is 0.164 e. The Balaban J connectivity index is 0.805. The van der Waals surface area contributed by atoms with E-state index in [1.807, 2.05) is 66.7 Å². The molecule has 6 nitrogen and oxygen atoms in total. The number of aromatic nitrogens is 3. The van der Waals surface area contributed by atoms with E-state index in [-0.39, 0.29) is 0 Å². The predicted molar refractivity (Wildman–Crippen MR) is 305 cm³/mol. The van der Waals surface area contributed by atoms with Crippen LogP contribution in [0.3, 0.4) is 0 Å². The van der Waals surface area contributed by atoms with Crippen LogP contribution in [0.5, 0.6) is 0 Å². The Bertz CT molecular complexity index is 4910. The highest BCUT2D eigenvalue weighted by Gasteiger charge is 2.52. The maximum Gasteiger partial charge on any atom is 0.164 e. The van der Waals surface area contributed by atoms with E-state index in [0.29, 0.717) is 17.5 Å². The summed E-state index contributed by atoms with van der Waals surface area (Å²) >= 11 is 0. The number of rotatable bonds is 5. The number of nitrogens with zero attached hydrogens (tertiary/aromatic N) is 3. The van der Waals surface area contributed by atoms with E-state index in [9.17, 15) is 0 Å². The van der Waals surface area contributed by atoms with Gasteiger partial charge in [-0.05, 0) is 115 Å². The van der Waals surface area contributed by atoms with Crippen LogP contribution in [0, 0.1) is 0 Å². The maximum atomic E-state index is 6.64. The van der Waals surface area contributed by atoms with Crippen LogP contribution in [-0.2, 0) is 5.41 Å². The second kappa shape index (κ2) is 15.4. The first-order valence-electron chi connectivity index (χ1n) is 25.7. The second-order valence-electron chi connectivity index (χ2n) is 20.1. The minimum Gasteiger partial charge on any atom is -0.456 e. The molecule has 2 aliphatic carbocycles. The fourth-order valence-electron chi connectivity index (χ4n) is 13.0. The highest BCUT2D eigenvalue weighted by Crippen LogP contribution is 2.64. The molecule has 15 aromatic rings. The molecule has 0 N–H and O–H groups in total. The number of hydrogen-bond donors (Lipinski definition) is 0. The Morgan fingerprint density at radius 2 is 0.697 bits per heavy atom. The molecule has 4 heterocycles. The maximum absolute atomic E-state index is 6.64. The van der Waals surface area contributed by atoms with Crippen molar-refractivity contribution in [3.63, 3.8) is 0 Å². The van der Waals surface area contributed by atoms with Crippen molar-refractivity contribution in [2.75, 3.05) is 0 Å². The molecule has 0 aliphatic heterocycles. The molecule has 0 amide bonds. The minimum absolute atomic E-state index is 0.395. The van der Waals surface area contributed by atoms with E-state index in [1.165, 1.54) is 55.6 Å². The van der Waals surface area contributed by atoms with Gasteiger partial charge in [-0.3, -0.25) is 0 Å². The summed E-state index contributed by atoms with van der Waals surface area (Å²) in [5.41, 5.74) is 21.9. The van der Waals surface area contributed by atoms with E-state index in [0.717, 1.165) is 93.6 Å². The molecule has 0 bridgehead atoms. The van der Waals surface area contributed by atoms with Crippen LogP contribution in [0.1, 0.15) is 22.3 Å². The van der Waals surface area contributed by atoms with Crippen LogP contribution in [-0.4, -0.2) is 15.0 Å². The van der Waals surface area contributed by atoms with E-state index in [4.69, 9.17) is 28.2 Å². The molecule has 0 radical (unpaired) electrons. The van der Waals surface area contributed by atoms with Crippen molar-refractivity contribution in [3.05, 3.63) is 259 Å². The molecule has 2 aliphatic rings. The summed E-state index contributed by atoms with van der Waals surface area (Å²) in [6.07, 6.45) is 0.